The number of carbonyl (C=O) groups excluding carboxylic acids is 1. The Balaban J connectivity index is 1.34. The number of rotatable bonds is 5. The van der Waals surface area contributed by atoms with Gasteiger partial charge in [0.2, 0.25) is 10.0 Å². The molecule has 1 aromatic heterocycles. The monoisotopic (exact) mass is 396 g/mol. The van der Waals surface area contributed by atoms with Gasteiger partial charge in [0.25, 0.3) is 5.91 Å². The normalized spacial score (nSPS) is 30.2. The molecule has 2 aliphatic heterocycles. The molecule has 9 heteroatoms. The molecule has 1 unspecified atom stereocenters. The summed E-state index contributed by atoms with van der Waals surface area (Å²) in [4.78, 5) is 12.4. The highest BCUT2D eigenvalue weighted by molar-refractivity contribution is 7.89. The first kappa shape index (κ1) is 18.9. The van der Waals surface area contributed by atoms with Gasteiger partial charge < -0.3 is 15.2 Å². The second-order valence-electron chi connectivity index (χ2n) is 8.06. The van der Waals surface area contributed by atoms with Crippen molar-refractivity contribution in [3.63, 3.8) is 0 Å². The van der Waals surface area contributed by atoms with Gasteiger partial charge in [0.05, 0.1) is 5.25 Å². The molecule has 0 bridgehead atoms. The number of nitrogens with zero attached hydrogens (tertiary/aromatic N) is 2. The van der Waals surface area contributed by atoms with E-state index in [2.05, 4.69) is 15.8 Å². The van der Waals surface area contributed by atoms with Crippen LogP contribution < -0.4 is 10.6 Å². The van der Waals surface area contributed by atoms with Gasteiger partial charge >= 0.3 is 0 Å². The smallest absolute Gasteiger partial charge is 0.273 e. The zero-order valence-electron chi connectivity index (χ0n) is 15.7. The Labute approximate surface area is 160 Å². The molecule has 2 saturated heterocycles. The number of carbonyl (C=O) groups is 1. The summed E-state index contributed by atoms with van der Waals surface area (Å²) in [5.41, 5.74) is 0.313. The predicted octanol–water partition coefficient (Wildman–Crippen LogP) is 1.22. The van der Waals surface area contributed by atoms with Crippen molar-refractivity contribution in [3.05, 3.63) is 17.5 Å². The molecule has 8 nitrogen and oxygen atoms in total. The first-order valence-corrected chi connectivity index (χ1v) is 11.4. The quantitative estimate of drug-likeness (QED) is 0.775. The number of piperidine rings is 2. The predicted molar refractivity (Wildman–Crippen MR) is 99.9 cm³/mol. The van der Waals surface area contributed by atoms with Crippen LogP contribution in [0.5, 0.6) is 0 Å². The van der Waals surface area contributed by atoms with E-state index in [4.69, 9.17) is 4.52 Å². The Morgan fingerprint density at radius 2 is 2.15 bits per heavy atom. The number of sulfonamides is 1. The summed E-state index contributed by atoms with van der Waals surface area (Å²) in [6.07, 6.45) is 5.02. The van der Waals surface area contributed by atoms with Crippen LogP contribution in [0.3, 0.4) is 0 Å². The van der Waals surface area contributed by atoms with Crippen LogP contribution in [0.2, 0.25) is 0 Å². The van der Waals surface area contributed by atoms with Crippen LogP contribution in [0, 0.1) is 0 Å². The van der Waals surface area contributed by atoms with Gasteiger partial charge in [-0.2, -0.15) is 4.31 Å². The van der Waals surface area contributed by atoms with Crippen molar-refractivity contribution in [2.75, 3.05) is 19.6 Å². The average Bonchev–Trinajstić information content (AvgIpc) is 3.39. The fraction of sp³-hybridized carbons (Fsp3) is 0.778. The van der Waals surface area contributed by atoms with Crippen LogP contribution in [0.15, 0.2) is 10.6 Å². The van der Waals surface area contributed by atoms with E-state index in [1.54, 1.807) is 10.4 Å². The average molecular weight is 397 g/mol. The Morgan fingerprint density at radius 1 is 1.33 bits per heavy atom. The van der Waals surface area contributed by atoms with E-state index >= 15 is 0 Å². The van der Waals surface area contributed by atoms with Gasteiger partial charge in [-0.3, -0.25) is 4.79 Å². The molecule has 1 amide bonds. The van der Waals surface area contributed by atoms with Crippen LogP contribution in [-0.2, 0) is 10.0 Å². The van der Waals surface area contributed by atoms with Gasteiger partial charge in [0, 0.05) is 37.2 Å². The fourth-order valence-corrected chi connectivity index (χ4v) is 6.26. The van der Waals surface area contributed by atoms with Gasteiger partial charge in [0.15, 0.2) is 5.69 Å². The SMILES string of the molecule is C[C@H]1C[C@@H](NC(=O)c2cc(C3CC3)on2)CCN1S(=O)(=O)C1CCCNC1. The lowest BCUT2D eigenvalue weighted by Gasteiger charge is -2.39. The largest absolute Gasteiger partial charge is 0.360 e. The number of aromatic nitrogens is 1. The van der Waals surface area contributed by atoms with Gasteiger partial charge in [-0.15, -0.1) is 0 Å². The molecule has 150 valence electrons. The number of nitrogens with one attached hydrogen (secondary N) is 2. The number of hydrogen-bond donors (Lipinski definition) is 2. The Morgan fingerprint density at radius 3 is 2.81 bits per heavy atom. The van der Waals surface area contributed by atoms with E-state index in [1.807, 2.05) is 6.92 Å². The van der Waals surface area contributed by atoms with Crippen LogP contribution in [0.4, 0.5) is 0 Å². The summed E-state index contributed by atoms with van der Waals surface area (Å²) in [6.45, 7) is 3.78. The van der Waals surface area contributed by atoms with Gasteiger partial charge in [0.1, 0.15) is 5.76 Å². The van der Waals surface area contributed by atoms with Crippen LogP contribution in [0.25, 0.3) is 0 Å². The molecule has 1 aromatic rings. The Kier molecular flexibility index (Phi) is 5.26. The lowest BCUT2D eigenvalue weighted by atomic mass is 10.0. The third kappa shape index (κ3) is 4.05. The van der Waals surface area contributed by atoms with E-state index in [-0.39, 0.29) is 23.2 Å². The molecule has 0 radical (unpaired) electrons. The van der Waals surface area contributed by atoms with Crippen molar-refractivity contribution in [2.24, 2.45) is 0 Å². The molecule has 3 heterocycles. The van der Waals surface area contributed by atoms with Crippen molar-refractivity contribution in [1.82, 2.24) is 20.1 Å². The molecular formula is C18H28N4O4S. The van der Waals surface area contributed by atoms with Crippen LogP contribution in [0.1, 0.15) is 67.6 Å². The fourth-order valence-electron chi connectivity index (χ4n) is 4.14. The summed E-state index contributed by atoms with van der Waals surface area (Å²) in [5.74, 6) is 0.966. The molecule has 3 atom stereocenters. The van der Waals surface area contributed by atoms with E-state index in [9.17, 15) is 13.2 Å². The van der Waals surface area contributed by atoms with Crippen molar-refractivity contribution in [1.29, 1.82) is 0 Å². The molecule has 27 heavy (non-hydrogen) atoms. The molecule has 0 spiro atoms. The third-order valence-electron chi connectivity index (χ3n) is 5.89. The minimum Gasteiger partial charge on any atom is -0.360 e. The topological polar surface area (TPSA) is 105 Å². The molecular weight excluding hydrogens is 368 g/mol. The highest BCUT2D eigenvalue weighted by Crippen LogP contribution is 2.40. The molecule has 3 aliphatic rings. The van der Waals surface area contributed by atoms with Crippen LogP contribution >= 0.6 is 0 Å². The molecule has 1 aliphatic carbocycles. The first-order valence-electron chi connectivity index (χ1n) is 9.94. The van der Waals surface area contributed by atoms with Crippen molar-refractivity contribution in [3.8, 4) is 0 Å². The lowest BCUT2D eigenvalue weighted by Crippen LogP contribution is -2.54. The molecule has 2 N–H and O–H groups in total. The maximum absolute atomic E-state index is 13.0. The van der Waals surface area contributed by atoms with Gasteiger partial charge in [-0.05, 0) is 52.0 Å². The van der Waals surface area contributed by atoms with E-state index in [0.717, 1.165) is 31.6 Å². The summed E-state index contributed by atoms with van der Waals surface area (Å²) in [6, 6.07) is 1.55. The van der Waals surface area contributed by atoms with Crippen molar-refractivity contribution >= 4 is 15.9 Å². The summed E-state index contributed by atoms with van der Waals surface area (Å²) >= 11 is 0. The van der Waals surface area contributed by atoms with E-state index < -0.39 is 10.0 Å². The Hall–Kier alpha value is -1.45. The highest BCUT2D eigenvalue weighted by Gasteiger charge is 2.39. The first-order chi connectivity index (χ1) is 12.9. The van der Waals surface area contributed by atoms with E-state index in [0.29, 0.717) is 44.0 Å². The van der Waals surface area contributed by atoms with Crippen molar-refractivity contribution < 1.29 is 17.7 Å². The molecule has 3 fully saturated rings. The van der Waals surface area contributed by atoms with Crippen LogP contribution in [-0.4, -0.2) is 60.8 Å². The number of hydrogen-bond acceptors (Lipinski definition) is 6. The molecule has 0 aromatic carbocycles. The van der Waals surface area contributed by atoms with E-state index in [1.165, 1.54) is 0 Å². The maximum atomic E-state index is 13.0. The summed E-state index contributed by atoms with van der Waals surface area (Å²) in [5, 5.41) is 9.72. The number of amides is 1. The minimum absolute atomic E-state index is 0.0514. The zero-order valence-corrected chi connectivity index (χ0v) is 16.5. The maximum Gasteiger partial charge on any atom is 0.273 e. The zero-order chi connectivity index (χ0) is 19.0. The molecule has 4 rings (SSSR count). The van der Waals surface area contributed by atoms with Gasteiger partial charge in [-0.1, -0.05) is 5.16 Å². The molecule has 1 saturated carbocycles. The minimum atomic E-state index is -3.31. The Bertz CT molecular complexity index is 783. The van der Waals surface area contributed by atoms with Gasteiger partial charge in [-0.25, -0.2) is 8.42 Å². The lowest BCUT2D eigenvalue weighted by molar-refractivity contribution is 0.0905. The second kappa shape index (κ2) is 7.52. The standard InChI is InChI=1S/C18H28N4O4S/c1-12-9-14(20-18(23)16-10-17(26-21-16)13-4-5-13)6-8-22(12)27(24,25)15-3-2-7-19-11-15/h10,12-15,19H,2-9,11H2,1H3,(H,20,23)/t12-,14-,15?/m0/s1. The summed E-state index contributed by atoms with van der Waals surface area (Å²) < 4.78 is 32.8. The summed E-state index contributed by atoms with van der Waals surface area (Å²) in [7, 11) is -3.31. The second-order valence-corrected chi connectivity index (χ2v) is 10.2. The highest BCUT2D eigenvalue weighted by atomic mass is 32.2. The third-order valence-corrected chi connectivity index (χ3v) is 8.33. The van der Waals surface area contributed by atoms with Crippen molar-refractivity contribution in [2.45, 2.75) is 68.7 Å².